The third kappa shape index (κ3) is 3.13. The van der Waals surface area contributed by atoms with Crippen LogP contribution < -0.4 is 26.2 Å². The van der Waals surface area contributed by atoms with Crippen molar-refractivity contribution in [2.24, 2.45) is 0 Å². The van der Waals surface area contributed by atoms with Gasteiger partial charge in [-0.1, -0.05) is 42.5 Å². The van der Waals surface area contributed by atoms with E-state index in [9.17, 15) is 8.78 Å². The summed E-state index contributed by atoms with van der Waals surface area (Å²) in [4.78, 5) is 3.57. The van der Waals surface area contributed by atoms with Crippen LogP contribution in [0.5, 0.6) is 0 Å². The molecule has 2 aliphatic rings. The molecule has 0 radical (unpaired) electrons. The van der Waals surface area contributed by atoms with Gasteiger partial charge in [-0.25, -0.2) is 17.6 Å². The van der Waals surface area contributed by atoms with Crippen molar-refractivity contribution in [1.82, 2.24) is 0 Å². The summed E-state index contributed by atoms with van der Waals surface area (Å²) >= 11 is 0. The van der Waals surface area contributed by atoms with Gasteiger partial charge in [-0.2, -0.15) is 0 Å². The first-order valence-corrected chi connectivity index (χ1v) is 11.8. The fourth-order valence-electron chi connectivity index (χ4n) is 5.68. The van der Waals surface area contributed by atoms with Gasteiger partial charge in [-0.15, -0.1) is 0 Å². The Kier molecular flexibility index (Phi) is 4.70. The van der Waals surface area contributed by atoms with Gasteiger partial charge in [-0.05, 0) is 64.9 Å². The number of para-hydroxylation sites is 2. The smallest absolute Gasteiger partial charge is 0.252 e. The molecule has 2 heterocycles. The number of benzene rings is 5. The van der Waals surface area contributed by atoms with Crippen molar-refractivity contribution in [2.75, 3.05) is 9.80 Å². The third-order valence-corrected chi connectivity index (χ3v) is 7.11. The molecule has 0 bridgehead atoms. The minimum atomic E-state index is -0.691. The SMILES string of the molecule is Fc1ccc(N2c3ccccc3B3c4ccccc4N(c4ccc(F)cc4F)c4cccc2c43)c(F)c1. The Morgan fingerprint density at radius 2 is 0.865 bits per heavy atom. The van der Waals surface area contributed by atoms with Crippen molar-refractivity contribution in [2.45, 2.75) is 0 Å². The van der Waals surface area contributed by atoms with Crippen LogP contribution in [0.1, 0.15) is 0 Å². The maximum atomic E-state index is 15.2. The predicted molar refractivity (Wildman–Crippen MR) is 140 cm³/mol. The Bertz CT molecular complexity index is 1600. The van der Waals surface area contributed by atoms with E-state index >= 15 is 8.78 Å². The van der Waals surface area contributed by atoms with Crippen LogP contribution in [0.4, 0.5) is 51.7 Å². The molecule has 7 rings (SSSR count). The Balaban J connectivity index is 1.57. The lowest BCUT2D eigenvalue weighted by molar-refractivity contribution is 0.583. The van der Waals surface area contributed by atoms with Crippen molar-refractivity contribution in [3.05, 3.63) is 126 Å². The van der Waals surface area contributed by atoms with E-state index in [1.54, 1.807) is 9.80 Å². The van der Waals surface area contributed by atoms with Gasteiger partial charge in [-0.3, -0.25) is 0 Å². The van der Waals surface area contributed by atoms with E-state index in [-0.39, 0.29) is 18.1 Å². The number of halogens is 4. The summed E-state index contributed by atoms with van der Waals surface area (Å²) in [6, 6.07) is 28.1. The van der Waals surface area contributed by atoms with Crippen LogP contribution in [0.25, 0.3) is 0 Å². The summed E-state index contributed by atoms with van der Waals surface area (Å²) in [6.45, 7) is -0.210. The molecule has 0 aromatic heterocycles. The van der Waals surface area contributed by atoms with Crippen LogP contribution in [-0.2, 0) is 0 Å². The molecular formula is C30H17BF4N2. The van der Waals surface area contributed by atoms with Crippen LogP contribution >= 0.6 is 0 Å². The second-order valence-electron chi connectivity index (χ2n) is 9.12. The van der Waals surface area contributed by atoms with E-state index in [0.29, 0.717) is 11.4 Å². The lowest BCUT2D eigenvalue weighted by Crippen LogP contribution is -2.61. The van der Waals surface area contributed by atoms with Gasteiger partial charge in [0.05, 0.1) is 11.4 Å². The maximum Gasteiger partial charge on any atom is 0.252 e. The number of hydrogen-bond acceptors (Lipinski definition) is 2. The van der Waals surface area contributed by atoms with E-state index in [1.165, 1.54) is 24.3 Å². The lowest BCUT2D eigenvalue weighted by Gasteiger charge is -2.44. The molecule has 0 unspecified atom stereocenters. The standard InChI is InChI=1S/C30H17BF4N2/c32-18-12-14-26(22(34)16-18)36-24-8-3-1-6-20(24)31-21-7-2-4-9-25(21)37(27-15-13-19(33)17-23(27)35)29-11-5-10-28(36)30(29)31/h1-17H. The van der Waals surface area contributed by atoms with E-state index in [1.807, 2.05) is 66.7 Å². The zero-order valence-corrected chi connectivity index (χ0v) is 19.3. The zero-order valence-electron chi connectivity index (χ0n) is 19.3. The molecule has 37 heavy (non-hydrogen) atoms. The van der Waals surface area contributed by atoms with Crippen LogP contribution in [0.15, 0.2) is 103 Å². The summed E-state index contributed by atoms with van der Waals surface area (Å²) in [5, 5.41) is 0. The fraction of sp³-hybridized carbons (Fsp3) is 0. The molecule has 5 aromatic carbocycles. The third-order valence-electron chi connectivity index (χ3n) is 7.11. The number of hydrogen-bond donors (Lipinski definition) is 0. The first-order valence-electron chi connectivity index (χ1n) is 11.8. The summed E-state index contributed by atoms with van der Waals surface area (Å²) in [6.07, 6.45) is 0. The molecule has 0 aliphatic carbocycles. The summed E-state index contributed by atoms with van der Waals surface area (Å²) in [7, 11) is 0. The minimum absolute atomic E-state index is 0.207. The Morgan fingerprint density at radius 3 is 1.32 bits per heavy atom. The zero-order chi connectivity index (χ0) is 25.3. The van der Waals surface area contributed by atoms with Gasteiger partial charge in [0.15, 0.2) is 0 Å². The Labute approximate surface area is 211 Å². The van der Waals surface area contributed by atoms with E-state index in [4.69, 9.17) is 0 Å². The highest BCUT2D eigenvalue weighted by molar-refractivity contribution is 7.00. The maximum absolute atomic E-state index is 15.2. The fourth-order valence-corrected chi connectivity index (χ4v) is 5.68. The molecule has 0 saturated carbocycles. The molecule has 2 aliphatic heterocycles. The van der Waals surface area contributed by atoms with Gasteiger partial charge in [0, 0.05) is 34.9 Å². The van der Waals surface area contributed by atoms with Gasteiger partial charge < -0.3 is 9.80 Å². The monoisotopic (exact) mass is 492 g/mol. The van der Waals surface area contributed by atoms with Gasteiger partial charge >= 0.3 is 0 Å². The van der Waals surface area contributed by atoms with E-state index < -0.39 is 23.3 Å². The second kappa shape index (κ2) is 8.00. The topological polar surface area (TPSA) is 6.48 Å². The molecule has 7 heteroatoms. The van der Waals surface area contributed by atoms with Crippen LogP contribution in [0.3, 0.4) is 0 Å². The van der Waals surface area contributed by atoms with Crippen LogP contribution in [0.2, 0.25) is 0 Å². The van der Waals surface area contributed by atoms with Crippen molar-refractivity contribution in [1.29, 1.82) is 0 Å². The molecule has 5 aromatic rings. The predicted octanol–water partition coefficient (Wildman–Crippen LogP) is 6.33. The summed E-state index contributed by atoms with van der Waals surface area (Å²) < 4.78 is 58.1. The van der Waals surface area contributed by atoms with E-state index in [2.05, 4.69) is 0 Å². The number of nitrogens with zero attached hydrogens (tertiary/aromatic N) is 2. The largest absolute Gasteiger partial charge is 0.309 e. The average molecular weight is 492 g/mol. The van der Waals surface area contributed by atoms with Crippen LogP contribution in [0, 0.1) is 23.3 Å². The molecule has 0 amide bonds. The lowest BCUT2D eigenvalue weighted by atomic mass is 9.33. The van der Waals surface area contributed by atoms with Crippen LogP contribution in [-0.4, -0.2) is 6.71 Å². The van der Waals surface area contributed by atoms with Crippen molar-refractivity contribution in [3.63, 3.8) is 0 Å². The Morgan fingerprint density at radius 1 is 0.432 bits per heavy atom. The molecule has 0 N–H and O–H groups in total. The van der Waals surface area contributed by atoms with Gasteiger partial charge in [0.1, 0.15) is 23.3 Å². The summed E-state index contributed by atoms with van der Waals surface area (Å²) in [5.74, 6) is -2.70. The van der Waals surface area contributed by atoms with Crippen molar-refractivity contribution in [3.8, 4) is 0 Å². The second-order valence-corrected chi connectivity index (χ2v) is 9.12. The number of anilines is 6. The molecule has 0 saturated heterocycles. The van der Waals surface area contributed by atoms with Crippen molar-refractivity contribution < 1.29 is 17.6 Å². The highest BCUT2D eigenvalue weighted by Crippen LogP contribution is 2.44. The molecule has 0 atom stereocenters. The molecule has 178 valence electrons. The first-order chi connectivity index (χ1) is 18.0. The first kappa shape index (κ1) is 21.7. The highest BCUT2D eigenvalue weighted by atomic mass is 19.1. The molecule has 0 fully saturated rings. The molecule has 0 spiro atoms. The molecule has 2 nitrogen and oxygen atoms in total. The normalized spacial score (nSPS) is 13.2. The van der Waals surface area contributed by atoms with Gasteiger partial charge in [0.2, 0.25) is 0 Å². The van der Waals surface area contributed by atoms with Crippen molar-refractivity contribution >= 4 is 57.2 Å². The Hall–Kier alpha value is -4.52. The minimum Gasteiger partial charge on any atom is -0.309 e. The summed E-state index contributed by atoms with van der Waals surface area (Å²) in [5.41, 5.74) is 6.11. The number of fused-ring (bicyclic) bond motifs is 4. The average Bonchev–Trinajstić information content (AvgIpc) is 2.90. The number of rotatable bonds is 2. The quantitative estimate of drug-likeness (QED) is 0.206. The molecular weight excluding hydrogens is 475 g/mol. The van der Waals surface area contributed by atoms with Gasteiger partial charge in [0.25, 0.3) is 6.71 Å². The van der Waals surface area contributed by atoms with E-state index in [0.717, 1.165) is 39.9 Å². The highest BCUT2D eigenvalue weighted by Gasteiger charge is 2.43.